The summed E-state index contributed by atoms with van der Waals surface area (Å²) in [5.74, 6) is 0.540. The molecule has 3 unspecified atom stereocenters. The van der Waals surface area contributed by atoms with Crippen molar-refractivity contribution in [3.63, 3.8) is 0 Å². The lowest BCUT2D eigenvalue weighted by Crippen LogP contribution is -2.60. The van der Waals surface area contributed by atoms with Crippen molar-refractivity contribution in [2.75, 3.05) is 6.54 Å². The van der Waals surface area contributed by atoms with Gasteiger partial charge in [0.25, 0.3) is 0 Å². The van der Waals surface area contributed by atoms with Gasteiger partial charge in [-0.2, -0.15) is 13.2 Å². The number of halogens is 3. The molecule has 0 aliphatic heterocycles. The van der Waals surface area contributed by atoms with Crippen LogP contribution in [0.15, 0.2) is 0 Å². The van der Waals surface area contributed by atoms with Crippen LogP contribution < -0.4 is 5.32 Å². The molecular weight excluding hydrogens is 215 g/mol. The summed E-state index contributed by atoms with van der Waals surface area (Å²) in [6.45, 7) is 6.31. The second kappa shape index (κ2) is 4.94. The van der Waals surface area contributed by atoms with E-state index in [4.69, 9.17) is 0 Å². The van der Waals surface area contributed by atoms with Crippen LogP contribution in [0.4, 0.5) is 13.2 Å². The minimum Gasteiger partial charge on any atom is -0.304 e. The molecule has 16 heavy (non-hydrogen) atoms. The second-order valence-electron chi connectivity index (χ2n) is 5.20. The Morgan fingerprint density at radius 2 is 1.88 bits per heavy atom. The van der Waals surface area contributed by atoms with Crippen LogP contribution in [0.25, 0.3) is 0 Å². The fourth-order valence-electron chi connectivity index (χ4n) is 2.49. The average Bonchev–Trinajstić information content (AvgIpc) is 2.18. The normalized spacial score (nSPS) is 36.4. The van der Waals surface area contributed by atoms with E-state index < -0.39 is 11.7 Å². The molecule has 1 aliphatic carbocycles. The molecule has 1 rings (SSSR count). The van der Waals surface area contributed by atoms with Crippen molar-refractivity contribution in [2.45, 2.75) is 58.2 Å². The summed E-state index contributed by atoms with van der Waals surface area (Å²) in [7, 11) is 0. The van der Waals surface area contributed by atoms with Crippen molar-refractivity contribution >= 4 is 0 Å². The van der Waals surface area contributed by atoms with E-state index >= 15 is 0 Å². The molecular formula is C12H22F3N. The first kappa shape index (κ1) is 13.8. The Bertz CT molecular complexity index is 223. The zero-order valence-electron chi connectivity index (χ0n) is 10.3. The molecule has 0 radical (unpaired) electrons. The standard InChI is InChI=1S/C12H22F3N/c1-4-7-16-11(12(13,14)15)6-5-9(2)10(3)8-11/h9-10,16H,4-8H2,1-3H3. The van der Waals surface area contributed by atoms with Crippen LogP contribution in [0.5, 0.6) is 0 Å². The lowest BCUT2D eigenvalue weighted by atomic mass is 9.71. The highest BCUT2D eigenvalue weighted by molar-refractivity contribution is 5.00. The summed E-state index contributed by atoms with van der Waals surface area (Å²) >= 11 is 0. The van der Waals surface area contributed by atoms with Gasteiger partial charge in [-0.3, -0.25) is 0 Å². The van der Waals surface area contributed by atoms with Gasteiger partial charge in [-0.05, 0) is 44.1 Å². The molecule has 1 fully saturated rings. The number of alkyl halides is 3. The third kappa shape index (κ3) is 2.70. The molecule has 0 heterocycles. The van der Waals surface area contributed by atoms with Gasteiger partial charge in [0.15, 0.2) is 0 Å². The van der Waals surface area contributed by atoms with E-state index in [1.54, 1.807) is 0 Å². The molecule has 0 saturated heterocycles. The predicted octanol–water partition coefficient (Wildman–Crippen LogP) is 3.74. The van der Waals surface area contributed by atoms with Gasteiger partial charge in [0.05, 0.1) is 0 Å². The van der Waals surface area contributed by atoms with E-state index in [1.807, 2.05) is 20.8 Å². The predicted molar refractivity (Wildman–Crippen MR) is 59.3 cm³/mol. The summed E-state index contributed by atoms with van der Waals surface area (Å²) < 4.78 is 39.5. The van der Waals surface area contributed by atoms with Gasteiger partial charge in [0, 0.05) is 0 Å². The number of nitrogens with one attached hydrogen (secondary N) is 1. The number of rotatable bonds is 3. The average molecular weight is 237 g/mol. The molecule has 0 bridgehead atoms. The Morgan fingerprint density at radius 3 is 2.31 bits per heavy atom. The maximum absolute atomic E-state index is 13.2. The smallest absolute Gasteiger partial charge is 0.304 e. The zero-order valence-corrected chi connectivity index (χ0v) is 10.3. The first-order chi connectivity index (χ1) is 7.32. The molecule has 4 heteroatoms. The molecule has 96 valence electrons. The summed E-state index contributed by atoms with van der Waals surface area (Å²) in [5.41, 5.74) is -1.63. The third-order valence-corrected chi connectivity index (χ3v) is 3.92. The van der Waals surface area contributed by atoms with E-state index in [1.165, 1.54) is 0 Å². The summed E-state index contributed by atoms with van der Waals surface area (Å²) in [6, 6.07) is 0. The van der Waals surface area contributed by atoms with E-state index in [9.17, 15) is 13.2 Å². The van der Waals surface area contributed by atoms with Gasteiger partial charge >= 0.3 is 6.18 Å². The SMILES string of the molecule is CCCNC1(C(F)(F)F)CCC(C)C(C)C1. The Balaban J connectivity index is 2.80. The van der Waals surface area contributed by atoms with Gasteiger partial charge < -0.3 is 5.32 Å². The highest BCUT2D eigenvalue weighted by Gasteiger charge is 2.56. The van der Waals surface area contributed by atoms with Crippen molar-refractivity contribution in [2.24, 2.45) is 11.8 Å². The lowest BCUT2D eigenvalue weighted by molar-refractivity contribution is -0.212. The highest BCUT2D eigenvalue weighted by Crippen LogP contribution is 2.45. The van der Waals surface area contributed by atoms with Crippen LogP contribution in [-0.2, 0) is 0 Å². The maximum Gasteiger partial charge on any atom is 0.406 e. The number of hydrogen-bond donors (Lipinski definition) is 1. The fourth-order valence-corrected chi connectivity index (χ4v) is 2.49. The van der Waals surface area contributed by atoms with Crippen LogP contribution >= 0.6 is 0 Å². The lowest BCUT2D eigenvalue weighted by Gasteiger charge is -2.44. The molecule has 1 nitrogen and oxygen atoms in total. The molecule has 0 aromatic heterocycles. The third-order valence-electron chi connectivity index (χ3n) is 3.92. The molecule has 0 amide bonds. The molecule has 1 N–H and O–H groups in total. The largest absolute Gasteiger partial charge is 0.406 e. The minimum absolute atomic E-state index is 0.139. The van der Waals surface area contributed by atoms with Crippen molar-refractivity contribution in [1.82, 2.24) is 5.32 Å². The summed E-state index contributed by atoms with van der Waals surface area (Å²) in [6.07, 6.45) is -2.28. The van der Waals surface area contributed by atoms with Gasteiger partial charge in [-0.1, -0.05) is 20.8 Å². The topological polar surface area (TPSA) is 12.0 Å². The first-order valence-corrected chi connectivity index (χ1v) is 6.14. The minimum atomic E-state index is -4.13. The molecule has 1 aliphatic rings. The highest BCUT2D eigenvalue weighted by atomic mass is 19.4. The van der Waals surface area contributed by atoms with Crippen molar-refractivity contribution < 1.29 is 13.2 Å². The van der Waals surface area contributed by atoms with Crippen molar-refractivity contribution in [1.29, 1.82) is 0 Å². The van der Waals surface area contributed by atoms with Crippen LogP contribution in [0, 0.1) is 11.8 Å². The molecule has 0 aromatic rings. The van der Waals surface area contributed by atoms with Crippen LogP contribution in [0.2, 0.25) is 0 Å². The second-order valence-corrected chi connectivity index (χ2v) is 5.20. The summed E-state index contributed by atoms with van der Waals surface area (Å²) in [5, 5.41) is 2.75. The van der Waals surface area contributed by atoms with Gasteiger partial charge in [0.1, 0.15) is 5.54 Å². The Kier molecular flexibility index (Phi) is 4.27. The van der Waals surface area contributed by atoms with Crippen LogP contribution in [0.1, 0.15) is 46.5 Å². The molecule has 0 aromatic carbocycles. The van der Waals surface area contributed by atoms with E-state index in [2.05, 4.69) is 5.32 Å². The first-order valence-electron chi connectivity index (χ1n) is 6.14. The number of hydrogen-bond acceptors (Lipinski definition) is 1. The van der Waals surface area contributed by atoms with Crippen LogP contribution in [0.3, 0.4) is 0 Å². The van der Waals surface area contributed by atoms with Crippen molar-refractivity contribution in [3.05, 3.63) is 0 Å². The van der Waals surface area contributed by atoms with E-state index in [-0.39, 0.29) is 18.8 Å². The Hall–Kier alpha value is -0.250. The maximum atomic E-state index is 13.2. The Labute approximate surface area is 95.8 Å². The Morgan fingerprint density at radius 1 is 1.25 bits per heavy atom. The van der Waals surface area contributed by atoms with Gasteiger partial charge in [0.2, 0.25) is 0 Å². The molecule has 0 spiro atoms. The van der Waals surface area contributed by atoms with Crippen LogP contribution in [-0.4, -0.2) is 18.3 Å². The monoisotopic (exact) mass is 237 g/mol. The molecule has 3 atom stereocenters. The van der Waals surface area contributed by atoms with E-state index in [0.717, 1.165) is 6.42 Å². The molecule has 1 saturated carbocycles. The summed E-state index contributed by atoms with van der Waals surface area (Å²) in [4.78, 5) is 0. The zero-order chi connectivity index (χ0) is 12.4. The van der Waals surface area contributed by atoms with E-state index in [0.29, 0.717) is 18.9 Å². The van der Waals surface area contributed by atoms with Gasteiger partial charge in [-0.25, -0.2) is 0 Å². The van der Waals surface area contributed by atoms with Gasteiger partial charge in [-0.15, -0.1) is 0 Å². The quantitative estimate of drug-likeness (QED) is 0.788. The van der Waals surface area contributed by atoms with Crippen molar-refractivity contribution in [3.8, 4) is 0 Å². The fraction of sp³-hybridized carbons (Fsp3) is 1.00.